The molecule has 3 nitrogen and oxygen atoms in total. The molecule has 0 fully saturated rings. The Morgan fingerprint density at radius 1 is 1.53 bits per heavy atom. The molecule has 1 aromatic rings. The van der Waals surface area contributed by atoms with Crippen molar-refractivity contribution in [2.45, 2.75) is 6.92 Å². The van der Waals surface area contributed by atoms with Crippen molar-refractivity contribution in [3.05, 3.63) is 28.0 Å². The molecule has 15 heavy (non-hydrogen) atoms. The average molecular weight is 277 g/mol. The average Bonchev–Trinajstić information content (AvgIpc) is 2.18. The molecule has 0 unspecified atom stereocenters. The van der Waals surface area contributed by atoms with Crippen LogP contribution in [0, 0.1) is 5.82 Å². The van der Waals surface area contributed by atoms with Gasteiger partial charge in [0.05, 0.1) is 19.3 Å². The Hall–Kier alpha value is -1.10. The van der Waals surface area contributed by atoms with E-state index in [9.17, 15) is 9.18 Å². The molecular weight excluding hydrogens is 267 g/mol. The van der Waals surface area contributed by atoms with Crippen LogP contribution >= 0.6 is 15.9 Å². The third-order valence-corrected chi connectivity index (χ3v) is 2.39. The van der Waals surface area contributed by atoms with Crippen LogP contribution in [0.3, 0.4) is 0 Å². The molecule has 5 heteroatoms. The molecule has 1 rings (SSSR count). The summed E-state index contributed by atoms with van der Waals surface area (Å²) < 4.78 is 23.1. The lowest BCUT2D eigenvalue weighted by Crippen LogP contribution is -2.06. The van der Waals surface area contributed by atoms with Crippen LogP contribution in [0.15, 0.2) is 16.6 Å². The SMILES string of the molecule is CCOC(=O)c1cc(OC)c(F)cc1Br. The smallest absolute Gasteiger partial charge is 0.339 e. The van der Waals surface area contributed by atoms with Gasteiger partial charge in [0.15, 0.2) is 11.6 Å². The van der Waals surface area contributed by atoms with E-state index in [0.717, 1.165) is 0 Å². The van der Waals surface area contributed by atoms with Gasteiger partial charge in [-0.15, -0.1) is 0 Å². The van der Waals surface area contributed by atoms with Crippen molar-refractivity contribution < 1.29 is 18.7 Å². The minimum absolute atomic E-state index is 0.0150. The molecule has 0 radical (unpaired) electrons. The van der Waals surface area contributed by atoms with Gasteiger partial charge in [-0.3, -0.25) is 0 Å². The maximum Gasteiger partial charge on any atom is 0.339 e. The van der Waals surface area contributed by atoms with Crippen LogP contribution < -0.4 is 4.74 Å². The van der Waals surface area contributed by atoms with E-state index in [1.54, 1.807) is 6.92 Å². The largest absolute Gasteiger partial charge is 0.494 e. The van der Waals surface area contributed by atoms with Gasteiger partial charge in [0.2, 0.25) is 0 Å². The second-order valence-corrected chi connectivity index (χ2v) is 3.54. The summed E-state index contributed by atoms with van der Waals surface area (Å²) in [7, 11) is 1.33. The highest BCUT2D eigenvalue weighted by Gasteiger charge is 2.15. The minimum atomic E-state index is -0.530. The quantitative estimate of drug-likeness (QED) is 0.797. The summed E-state index contributed by atoms with van der Waals surface area (Å²) in [5.74, 6) is -1.03. The zero-order valence-corrected chi connectivity index (χ0v) is 9.93. The lowest BCUT2D eigenvalue weighted by atomic mass is 10.2. The summed E-state index contributed by atoms with van der Waals surface area (Å²) in [6, 6.07) is 2.47. The molecule has 0 amide bonds. The van der Waals surface area contributed by atoms with Crippen molar-refractivity contribution in [1.82, 2.24) is 0 Å². The Balaban J connectivity index is 3.12. The molecule has 0 saturated carbocycles. The predicted octanol–water partition coefficient (Wildman–Crippen LogP) is 2.77. The molecule has 0 spiro atoms. The number of esters is 1. The zero-order chi connectivity index (χ0) is 11.4. The number of rotatable bonds is 3. The lowest BCUT2D eigenvalue weighted by molar-refractivity contribution is 0.0525. The number of methoxy groups -OCH3 is 1. The number of ether oxygens (including phenoxy) is 2. The van der Waals surface area contributed by atoms with Crippen molar-refractivity contribution in [2.75, 3.05) is 13.7 Å². The molecule has 0 heterocycles. The van der Waals surface area contributed by atoms with Gasteiger partial charge in [-0.05, 0) is 35.0 Å². The molecule has 0 N–H and O–H groups in total. The first-order valence-electron chi connectivity index (χ1n) is 4.30. The molecule has 0 aliphatic rings. The van der Waals surface area contributed by atoms with Crippen LogP contribution in [0.4, 0.5) is 4.39 Å². The normalized spacial score (nSPS) is 9.87. The van der Waals surface area contributed by atoms with Crippen molar-refractivity contribution in [3.8, 4) is 5.75 Å². The maximum absolute atomic E-state index is 13.2. The standard InChI is InChI=1S/C10H10BrFO3/c1-3-15-10(13)6-4-9(14-2)8(12)5-7(6)11/h4-5H,3H2,1-2H3. The second kappa shape index (κ2) is 5.11. The topological polar surface area (TPSA) is 35.5 Å². The summed E-state index contributed by atoms with van der Waals surface area (Å²) >= 11 is 3.08. The number of hydrogen-bond donors (Lipinski definition) is 0. The Kier molecular flexibility index (Phi) is 4.08. The van der Waals surface area contributed by atoms with Crippen LogP contribution in [0.25, 0.3) is 0 Å². The van der Waals surface area contributed by atoms with Crippen molar-refractivity contribution in [3.63, 3.8) is 0 Å². The van der Waals surface area contributed by atoms with E-state index in [0.29, 0.717) is 4.47 Å². The minimum Gasteiger partial charge on any atom is -0.494 e. The first-order valence-corrected chi connectivity index (χ1v) is 5.09. The summed E-state index contributed by atoms with van der Waals surface area (Å²) in [4.78, 5) is 11.4. The Bertz CT molecular complexity index is 379. The molecule has 0 aromatic heterocycles. The highest BCUT2D eigenvalue weighted by atomic mass is 79.9. The fourth-order valence-electron chi connectivity index (χ4n) is 1.05. The first kappa shape index (κ1) is 12.0. The van der Waals surface area contributed by atoms with E-state index >= 15 is 0 Å². The third kappa shape index (κ3) is 2.68. The zero-order valence-electron chi connectivity index (χ0n) is 8.34. The van der Waals surface area contributed by atoms with E-state index in [4.69, 9.17) is 9.47 Å². The van der Waals surface area contributed by atoms with E-state index in [2.05, 4.69) is 15.9 Å². The van der Waals surface area contributed by atoms with Crippen molar-refractivity contribution in [1.29, 1.82) is 0 Å². The molecule has 0 saturated heterocycles. The first-order chi connectivity index (χ1) is 7.10. The Labute approximate surface area is 95.3 Å². The molecule has 1 aromatic carbocycles. The molecule has 0 atom stereocenters. The van der Waals surface area contributed by atoms with E-state index in [-0.39, 0.29) is 17.9 Å². The van der Waals surface area contributed by atoms with E-state index in [1.807, 2.05) is 0 Å². The molecule has 0 bridgehead atoms. The van der Waals surface area contributed by atoms with Gasteiger partial charge < -0.3 is 9.47 Å². The predicted molar refractivity (Wildman–Crippen MR) is 56.6 cm³/mol. The van der Waals surface area contributed by atoms with E-state index < -0.39 is 11.8 Å². The highest BCUT2D eigenvalue weighted by Crippen LogP contribution is 2.26. The molecule has 0 aliphatic heterocycles. The number of carbonyl (C=O) groups is 1. The number of benzene rings is 1. The summed E-state index contributed by atoms with van der Waals surface area (Å²) in [6.07, 6.45) is 0. The lowest BCUT2D eigenvalue weighted by Gasteiger charge is -2.07. The maximum atomic E-state index is 13.2. The fourth-order valence-corrected chi connectivity index (χ4v) is 1.53. The molecular formula is C10H10BrFO3. The van der Waals surface area contributed by atoms with Gasteiger partial charge in [0.25, 0.3) is 0 Å². The van der Waals surface area contributed by atoms with Gasteiger partial charge in [-0.25, -0.2) is 9.18 Å². The monoisotopic (exact) mass is 276 g/mol. The second-order valence-electron chi connectivity index (χ2n) is 2.69. The van der Waals surface area contributed by atoms with E-state index in [1.165, 1.54) is 19.2 Å². The van der Waals surface area contributed by atoms with Crippen molar-refractivity contribution in [2.24, 2.45) is 0 Å². The van der Waals surface area contributed by atoms with Gasteiger partial charge in [-0.2, -0.15) is 0 Å². The van der Waals surface area contributed by atoms with Gasteiger partial charge in [0, 0.05) is 4.47 Å². The number of halogens is 2. The van der Waals surface area contributed by atoms with Crippen LogP contribution in [-0.4, -0.2) is 19.7 Å². The fraction of sp³-hybridized carbons (Fsp3) is 0.300. The van der Waals surface area contributed by atoms with Crippen LogP contribution in [0.1, 0.15) is 17.3 Å². The van der Waals surface area contributed by atoms with Gasteiger partial charge in [-0.1, -0.05) is 0 Å². The Morgan fingerprint density at radius 2 is 2.20 bits per heavy atom. The van der Waals surface area contributed by atoms with Crippen LogP contribution in [-0.2, 0) is 4.74 Å². The van der Waals surface area contributed by atoms with Crippen LogP contribution in [0.5, 0.6) is 5.75 Å². The third-order valence-electron chi connectivity index (χ3n) is 1.74. The van der Waals surface area contributed by atoms with Gasteiger partial charge >= 0.3 is 5.97 Å². The highest BCUT2D eigenvalue weighted by molar-refractivity contribution is 9.10. The number of carbonyl (C=O) groups excluding carboxylic acids is 1. The molecule has 0 aliphatic carbocycles. The van der Waals surface area contributed by atoms with Gasteiger partial charge in [0.1, 0.15) is 0 Å². The van der Waals surface area contributed by atoms with Crippen LogP contribution in [0.2, 0.25) is 0 Å². The molecule has 82 valence electrons. The number of hydrogen-bond acceptors (Lipinski definition) is 3. The Morgan fingerprint density at radius 3 is 2.73 bits per heavy atom. The summed E-state index contributed by atoms with van der Waals surface area (Å²) in [6.45, 7) is 1.97. The summed E-state index contributed by atoms with van der Waals surface area (Å²) in [5, 5.41) is 0. The summed E-state index contributed by atoms with van der Waals surface area (Å²) in [5.41, 5.74) is 0.245. The van der Waals surface area contributed by atoms with Crippen molar-refractivity contribution >= 4 is 21.9 Å².